The van der Waals surface area contributed by atoms with Gasteiger partial charge in [-0.2, -0.15) is 0 Å². The molecule has 6 nitrogen and oxygen atoms in total. The molecule has 1 heterocycles. The Bertz CT molecular complexity index is 938. The summed E-state index contributed by atoms with van der Waals surface area (Å²) >= 11 is 1.38. The number of ketones is 1. The zero-order valence-corrected chi connectivity index (χ0v) is 16.5. The number of nitrogens with zero attached hydrogens (tertiary/aromatic N) is 3. The van der Waals surface area contributed by atoms with Crippen molar-refractivity contribution in [1.82, 2.24) is 14.8 Å². The highest BCUT2D eigenvalue weighted by molar-refractivity contribution is 8.00. The number of aromatic nitrogens is 3. The Morgan fingerprint density at radius 1 is 1.04 bits per heavy atom. The third kappa shape index (κ3) is 3.98. The van der Waals surface area contributed by atoms with E-state index >= 15 is 0 Å². The second-order valence-corrected chi connectivity index (χ2v) is 7.23. The molecular formula is C20H21N3O3S. The number of carbonyl (C=O) groups excluding carboxylic acids is 1. The molecule has 0 saturated heterocycles. The minimum atomic E-state index is -0.299. The van der Waals surface area contributed by atoms with Crippen molar-refractivity contribution in [1.29, 1.82) is 0 Å². The molecule has 2 aromatic carbocycles. The highest BCUT2D eigenvalue weighted by Gasteiger charge is 2.21. The zero-order chi connectivity index (χ0) is 19.4. The number of rotatable bonds is 7. The molecule has 0 aliphatic heterocycles. The quantitative estimate of drug-likeness (QED) is 0.456. The second kappa shape index (κ2) is 8.26. The van der Waals surface area contributed by atoms with E-state index in [1.54, 1.807) is 38.5 Å². The van der Waals surface area contributed by atoms with E-state index in [2.05, 4.69) is 10.2 Å². The Morgan fingerprint density at radius 2 is 1.74 bits per heavy atom. The van der Waals surface area contributed by atoms with E-state index in [0.29, 0.717) is 16.5 Å². The van der Waals surface area contributed by atoms with Crippen LogP contribution in [0.1, 0.15) is 17.3 Å². The van der Waals surface area contributed by atoms with E-state index in [9.17, 15) is 4.79 Å². The van der Waals surface area contributed by atoms with E-state index in [0.717, 1.165) is 17.1 Å². The topological polar surface area (TPSA) is 66.2 Å². The summed E-state index contributed by atoms with van der Waals surface area (Å²) in [4.78, 5) is 12.7. The SMILES string of the molecule is COc1ccc(C(=O)[C@@H](C)Sc2nnc(-c3ccccc3OC)n2C)cc1. The molecule has 0 radical (unpaired) electrons. The van der Waals surface area contributed by atoms with Gasteiger partial charge in [0.1, 0.15) is 11.5 Å². The summed E-state index contributed by atoms with van der Waals surface area (Å²) in [5.74, 6) is 2.18. The summed E-state index contributed by atoms with van der Waals surface area (Å²) < 4.78 is 12.4. The molecule has 0 fully saturated rings. The van der Waals surface area contributed by atoms with Gasteiger partial charge in [-0.15, -0.1) is 10.2 Å². The maximum absolute atomic E-state index is 12.7. The molecule has 27 heavy (non-hydrogen) atoms. The summed E-state index contributed by atoms with van der Waals surface area (Å²) in [6, 6.07) is 14.8. The molecule has 0 saturated carbocycles. The Kier molecular flexibility index (Phi) is 5.81. The fourth-order valence-electron chi connectivity index (χ4n) is 2.68. The number of hydrogen-bond acceptors (Lipinski definition) is 6. The molecule has 0 spiro atoms. The van der Waals surface area contributed by atoms with E-state index in [4.69, 9.17) is 9.47 Å². The molecule has 0 aliphatic rings. The van der Waals surface area contributed by atoms with Crippen molar-refractivity contribution in [2.45, 2.75) is 17.3 Å². The molecule has 3 rings (SSSR count). The molecule has 1 aromatic heterocycles. The predicted octanol–water partition coefficient (Wildman–Crippen LogP) is 3.86. The summed E-state index contributed by atoms with van der Waals surface area (Å²) in [6.07, 6.45) is 0. The van der Waals surface area contributed by atoms with Crippen molar-refractivity contribution in [3.05, 3.63) is 54.1 Å². The molecular weight excluding hydrogens is 362 g/mol. The van der Waals surface area contributed by atoms with Crippen molar-refractivity contribution < 1.29 is 14.3 Å². The fourth-order valence-corrected chi connectivity index (χ4v) is 3.57. The fraction of sp³-hybridized carbons (Fsp3) is 0.250. The van der Waals surface area contributed by atoms with Crippen LogP contribution in [-0.2, 0) is 7.05 Å². The van der Waals surface area contributed by atoms with Crippen LogP contribution >= 0.6 is 11.8 Å². The van der Waals surface area contributed by atoms with Gasteiger partial charge in [-0.1, -0.05) is 23.9 Å². The van der Waals surface area contributed by atoms with E-state index in [-0.39, 0.29) is 11.0 Å². The Morgan fingerprint density at radius 3 is 2.41 bits per heavy atom. The van der Waals surface area contributed by atoms with Gasteiger partial charge in [0.05, 0.1) is 25.0 Å². The number of thioether (sulfide) groups is 1. The average Bonchev–Trinajstić information content (AvgIpc) is 3.07. The molecule has 1 atom stereocenters. The van der Waals surface area contributed by atoms with Crippen LogP contribution < -0.4 is 9.47 Å². The van der Waals surface area contributed by atoms with E-state index < -0.39 is 0 Å². The first-order valence-electron chi connectivity index (χ1n) is 8.43. The maximum atomic E-state index is 12.7. The van der Waals surface area contributed by atoms with Gasteiger partial charge in [0.2, 0.25) is 0 Å². The van der Waals surface area contributed by atoms with Crippen molar-refractivity contribution in [3.63, 3.8) is 0 Å². The monoisotopic (exact) mass is 383 g/mol. The minimum Gasteiger partial charge on any atom is -0.497 e. The van der Waals surface area contributed by atoms with Crippen molar-refractivity contribution in [2.75, 3.05) is 14.2 Å². The van der Waals surface area contributed by atoms with Crippen LogP contribution in [-0.4, -0.2) is 40.0 Å². The highest BCUT2D eigenvalue weighted by Crippen LogP contribution is 2.31. The largest absolute Gasteiger partial charge is 0.497 e. The normalized spacial score (nSPS) is 11.9. The predicted molar refractivity (Wildman–Crippen MR) is 106 cm³/mol. The first-order chi connectivity index (χ1) is 13.0. The lowest BCUT2D eigenvalue weighted by Crippen LogP contribution is -2.14. The molecule has 7 heteroatoms. The summed E-state index contributed by atoms with van der Waals surface area (Å²) in [6.45, 7) is 1.87. The van der Waals surface area contributed by atoms with Crippen LogP contribution in [0, 0.1) is 0 Å². The number of carbonyl (C=O) groups is 1. The van der Waals surface area contributed by atoms with Gasteiger partial charge < -0.3 is 14.0 Å². The standard InChI is InChI=1S/C20H21N3O3S/c1-13(18(24)14-9-11-15(25-3)12-10-14)27-20-22-21-19(23(20)2)16-7-5-6-8-17(16)26-4/h5-13H,1-4H3/t13-/m1/s1. The van der Waals surface area contributed by atoms with Gasteiger partial charge in [-0.3, -0.25) is 4.79 Å². The molecule has 3 aromatic rings. The van der Waals surface area contributed by atoms with Crippen LogP contribution in [0.2, 0.25) is 0 Å². The molecule has 0 N–H and O–H groups in total. The minimum absolute atomic E-state index is 0.0319. The van der Waals surface area contributed by atoms with Gasteiger partial charge in [-0.05, 0) is 43.3 Å². The summed E-state index contributed by atoms with van der Waals surface area (Å²) in [5.41, 5.74) is 1.50. The van der Waals surface area contributed by atoms with Crippen molar-refractivity contribution in [2.24, 2.45) is 7.05 Å². The first kappa shape index (κ1) is 19.0. The molecule has 0 unspecified atom stereocenters. The lowest BCUT2D eigenvalue weighted by Gasteiger charge is -2.11. The Hall–Kier alpha value is -2.80. The van der Waals surface area contributed by atoms with Crippen molar-refractivity contribution >= 4 is 17.5 Å². The van der Waals surface area contributed by atoms with Gasteiger partial charge in [0.15, 0.2) is 16.8 Å². The Balaban J connectivity index is 1.79. The lowest BCUT2D eigenvalue weighted by atomic mass is 10.1. The number of hydrogen-bond donors (Lipinski definition) is 0. The maximum Gasteiger partial charge on any atom is 0.191 e. The zero-order valence-electron chi connectivity index (χ0n) is 15.7. The number of benzene rings is 2. The van der Waals surface area contributed by atoms with Crippen molar-refractivity contribution in [3.8, 4) is 22.9 Å². The average molecular weight is 383 g/mol. The second-order valence-electron chi connectivity index (χ2n) is 5.92. The van der Waals surface area contributed by atoms with E-state index in [1.807, 2.05) is 42.8 Å². The third-order valence-electron chi connectivity index (χ3n) is 4.21. The number of para-hydroxylation sites is 1. The lowest BCUT2D eigenvalue weighted by molar-refractivity contribution is 0.0994. The molecule has 0 aliphatic carbocycles. The smallest absolute Gasteiger partial charge is 0.191 e. The van der Waals surface area contributed by atoms with Gasteiger partial charge in [0, 0.05) is 12.6 Å². The van der Waals surface area contributed by atoms with Crippen LogP contribution in [0.4, 0.5) is 0 Å². The van der Waals surface area contributed by atoms with Gasteiger partial charge >= 0.3 is 0 Å². The molecule has 0 bridgehead atoms. The molecule has 0 amide bonds. The van der Waals surface area contributed by atoms with Crippen LogP contribution in [0.25, 0.3) is 11.4 Å². The van der Waals surface area contributed by atoms with E-state index in [1.165, 1.54) is 11.8 Å². The number of ether oxygens (including phenoxy) is 2. The molecule has 140 valence electrons. The van der Waals surface area contributed by atoms with Crippen LogP contribution in [0.5, 0.6) is 11.5 Å². The van der Waals surface area contributed by atoms with Gasteiger partial charge in [-0.25, -0.2) is 0 Å². The highest BCUT2D eigenvalue weighted by atomic mass is 32.2. The first-order valence-corrected chi connectivity index (χ1v) is 9.30. The summed E-state index contributed by atoms with van der Waals surface area (Å²) in [5, 5.41) is 8.92. The summed E-state index contributed by atoms with van der Waals surface area (Å²) in [7, 11) is 5.11. The number of Topliss-reactive ketones (excluding diaryl/α,β-unsaturated/α-hetero) is 1. The number of methoxy groups -OCH3 is 2. The van der Waals surface area contributed by atoms with Crippen LogP contribution in [0.15, 0.2) is 53.7 Å². The van der Waals surface area contributed by atoms with Crippen LogP contribution in [0.3, 0.4) is 0 Å². The third-order valence-corrected chi connectivity index (χ3v) is 5.34. The van der Waals surface area contributed by atoms with Gasteiger partial charge in [0.25, 0.3) is 0 Å². The Labute approximate surface area is 162 Å².